The highest BCUT2D eigenvalue weighted by molar-refractivity contribution is 5.71. The van der Waals surface area contributed by atoms with E-state index in [-0.39, 0.29) is 31.1 Å². The molecule has 6 nitrogen and oxygen atoms in total. The smallest absolute Gasteiger partial charge is 0.306 e. The van der Waals surface area contributed by atoms with Crippen molar-refractivity contribution in [1.82, 2.24) is 0 Å². The van der Waals surface area contributed by atoms with Gasteiger partial charge in [0.1, 0.15) is 13.2 Å². The molecular weight excluding hydrogens is 949 g/mol. The van der Waals surface area contributed by atoms with Crippen molar-refractivity contribution < 1.29 is 28.6 Å². The summed E-state index contributed by atoms with van der Waals surface area (Å²) >= 11 is 0. The highest BCUT2D eigenvalue weighted by Crippen LogP contribution is 2.16. The van der Waals surface area contributed by atoms with Gasteiger partial charge < -0.3 is 14.2 Å². The van der Waals surface area contributed by atoms with Gasteiger partial charge in [-0.05, 0) is 103 Å². The van der Waals surface area contributed by atoms with E-state index in [0.29, 0.717) is 19.3 Å². The monoisotopic (exact) mass is 1070 g/mol. The van der Waals surface area contributed by atoms with Gasteiger partial charge in [-0.25, -0.2) is 0 Å². The summed E-state index contributed by atoms with van der Waals surface area (Å²) in [4.78, 5) is 38.3. The van der Waals surface area contributed by atoms with Crippen LogP contribution in [0.25, 0.3) is 0 Å². The van der Waals surface area contributed by atoms with Gasteiger partial charge >= 0.3 is 17.9 Å². The van der Waals surface area contributed by atoms with E-state index in [1.54, 1.807) is 0 Å². The van der Waals surface area contributed by atoms with Gasteiger partial charge in [0, 0.05) is 19.3 Å². The molecule has 77 heavy (non-hydrogen) atoms. The molecule has 0 amide bonds. The summed E-state index contributed by atoms with van der Waals surface area (Å²) in [7, 11) is 0. The molecule has 440 valence electrons. The maximum atomic E-state index is 12.9. The third-order valence-corrected chi connectivity index (χ3v) is 13.8. The maximum Gasteiger partial charge on any atom is 0.306 e. The van der Waals surface area contributed by atoms with Crippen LogP contribution in [0.4, 0.5) is 0 Å². The third kappa shape index (κ3) is 62.8. The molecule has 0 aromatic heterocycles. The third-order valence-electron chi connectivity index (χ3n) is 13.8. The molecule has 0 aromatic rings. The number of unbranched alkanes of at least 4 members (excludes halogenated alkanes) is 29. The quantitative estimate of drug-likeness (QED) is 0.0261. The molecule has 0 spiro atoms. The Kier molecular flexibility index (Phi) is 61.3. The first-order valence-electron chi connectivity index (χ1n) is 32.4. The molecule has 1 atom stereocenters. The molecule has 0 rings (SSSR count). The van der Waals surface area contributed by atoms with Gasteiger partial charge in [-0.15, -0.1) is 0 Å². The van der Waals surface area contributed by atoms with Crippen molar-refractivity contribution in [3.63, 3.8) is 0 Å². The van der Waals surface area contributed by atoms with Gasteiger partial charge in [-0.3, -0.25) is 14.4 Å². The van der Waals surface area contributed by atoms with E-state index in [2.05, 4.69) is 130 Å². The van der Waals surface area contributed by atoms with E-state index in [1.807, 2.05) is 0 Å². The molecule has 1 unspecified atom stereocenters. The number of esters is 3. The van der Waals surface area contributed by atoms with Crippen molar-refractivity contribution in [3.8, 4) is 0 Å². The van der Waals surface area contributed by atoms with Gasteiger partial charge in [0.15, 0.2) is 6.10 Å². The summed E-state index contributed by atoms with van der Waals surface area (Å²) in [6, 6.07) is 0. The van der Waals surface area contributed by atoms with Crippen LogP contribution < -0.4 is 0 Å². The number of allylic oxidation sites excluding steroid dienone is 18. The summed E-state index contributed by atoms with van der Waals surface area (Å²) in [5.74, 6) is -0.891. The summed E-state index contributed by atoms with van der Waals surface area (Å²) < 4.78 is 16.9. The van der Waals surface area contributed by atoms with Crippen LogP contribution in [0.3, 0.4) is 0 Å². The summed E-state index contributed by atoms with van der Waals surface area (Å²) in [5.41, 5.74) is 0. The Balaban J connectivity index is 4.35. The van der Waals surface area contributed by atoms with Crippen molar-refractivity contribution in [2.45, 2.75) is 309 Å². The number of carbonyl (C=O) groups excluding carboxylic acids is 3. The lowest BCUT2D eigenvalue weighted by Gasteiger charge is -2.18. The lowest BCUT2D eigenvalue weighted by molar-refractivity contribution is -0.167. The molecule has 6 heteroatoms. The van der Waals surface area contributed by atoms with E-state index in [1.165, 1.54) is 135 Å². The van der Waals surface area contributed by atoms with Gasteiger partial charge in [-0.1, -0.05) is 291 Å². The molecule has 0 radical (unpaired) electrons. The summed E-state index contributed by atoms with van der Waals surface area (Å²) in [6.45, 7) is 6.43. The fourth-order valence-electron chi connectivity index (χ4n) is 8.99. The fraction of sp³-hybridized carbons (Fsp3) is 0.704. The fourth-order valence-corrected chi connectivity index (χ4v) is 8.99. The second-order valence-corrected chi connectivity index (χ2v) is 21.3. The first-order chi connectivity index (χ1) is 38.0. The van der Waals surface area contributed by atoms with Crippen LogP contribution in [0.5, 0.6) is 0 Å². The van der Waals surface area contributed by atoms with E-state index >= 15 is 0 Å². The van der Waals surface area contributed by atoms with E-state index < -0.39 is 6.10 Å². The van der Waals surface area contributed by atoms with E-state index in [4.69, 9.17) is 14.2 Å². The molecule has 0 fully saturated rings. The normalized spacial score (nSPS) is 12.8. The number of hydrogen-bond donors (Lipinski definition) is 0. The zero-order chi connectivity index (χ0) is 55.7. The average Bonchev–Trinajstić information content (AvgIpc) is 3.43. The highest BCUT2D eigenvalue weighted by Gasteiger charge is 2.19. The first-order valence-corrected chi connectivity index (χ1v) is 32.4. The number of carbonyl (C=O) groups is 3. The molecule has 0 aliphatic carbocycles. The predicted octanol–water partition coefficient (Wildman–Crippen LogP) is 22.2. The average molecular weight is 1070 g/mol. The van der Waals surface area contributed by atoms with Crippen LogP contribution in [0.1, 0.15) is 303 Å². The molecule has 0 aliphatic rings. The Morgan fingerprint density at radius 1 is 0.273 bits per heavy atom. The van der Waals surface area contributed by atoms with Crippen LogP contribution in [-0.4, -0.2) is 37.2 Å². The number of hydrogen-bond acceptors (Lipinski definition) is 6. The Labute approximate surface area is 476 Å². The summed E-state index contributed by atoms with van der Waals surface area (Å²) in [5, 5.41) is 0. The molecule has 0 saturated heterocycles. The minimum absolute atomic E-state index is 0.0828. The number of rotatable bonds is 58. The second-order valence-electron chi connectivity index (χ2n) is 21.3. The maximum absolute atomic E-state index is 12.9. The lowest BCUT2D eigenvalue weighted by atomic mass is 10.0. The minimum atomic E-state index is -0.788. The molecule has 0 bridgehead atoms. The molecule has 0 heterocycles. The molecule has 0 saturated carbocycles. The van der Waals surface area contributed by atoms with Crippen LogP contribution in [0.2, 0.25) is 0 Å². The molecule has 0 aliphatic heterocycles. The SMILES string of the molecule is CC/C=C\C/C=C\C/C=C\C/C=C\C/C=C\C/C=C\CCCCCCCCCCC(=O)OCC(COC(=O)CCCCCCCCCCCCCCCCC)OC(=O)CCCCCCCCC/C=C\C/C=C\C/C=C\CC. The second kappa shape index (κ2) is 64.6. The van der Waals surface area contributed by atoms with Gasteiger partial charge in [0.05, 0.1) is 0 Å². The largest absolute Gasteiger partial charge is 0.462 e. The van der Waals surface area contributed by atoms with E-state index in [0.717, 1.165) is 128 Å². The molecule has 0 N–H and O–H groups in total. The number of ether oxygens (including phenoxy) is 3. The molecular formula is C71H120O6. The van der Waals surface area contributed by atoms with Crippen molar-refractivity contribution >= 4 is 17.9 Å². The standard InChI is InChI=1S/C71H120O6/c1-4-7-10-13-16-19-22-25-28-30-31-32-33-34-35-36-37-38-39-41-43-46-49-52-55-58-61-64-70(73)76-67-68(66-75-69(72)63-60-57-54-51-48-45-42-27-24-21-18-15-12-9-6-3)77-71(74)65-62-59-56-53-50-47-44-40-29-26-23-20-17-14-11-8-5-2/h7-8,10-11,16-17,19-20,25-26,28-29,31-32,34-35,37-38,68H,4-6,9,12-15,18,21-24,27,30,33,36,39-67H2,1-3H3/b10-7-,11-8-,19-16-,20-17-,28-25-,29-26-,32-31-,35-34-,38-37-. The highest BCUT2D eigenvalue weighted by atomic mass is 16.6. The van der Waals surface area contributed by atoms with E-state index in [9.17, 15) is 14.4 Å². The predicted molar refractivity (Wildman–Crippen MR) is 334 cm³/mol. The zero-order valence-electron chi connectivity index (χ0n) is 50.4. The van der Waals surface area contributed by atoms with Crippen molar-refractivity contribution in [1.29, 1.82) is 0 Å². The van der Waals surface area contributed by atoms with Crippen LogP contribution >= 0.6 is 0 Å². The van der Waals surface area contributed by atoms with Gasteiger partial charge in [-0.2, -0.15) is 0 Å². The topological polar surface area (TPSA) is 78.9 Å². The lowest BCUT2D eigenvalue weighted by Crippen LogP contribution is -2.30. The van der Waals surface area contributed by atoms with Crippen LogP contribution in [0, 0.1) is 0 Å². The Hall–Kier alpha value is -3.93. The molecule has 0 aromatic carbocycles. The Morgan fingerprint density at radius 2 is 0.506 bits per heavy atom. The van der Waals surface area contributed by atoms with Crippen LogP contribution in [0.15, 0.2) is 109 Å². The van der Waals surface area contributed by atoms with Gasteiger partial charge in [0.2, 0.25) is 0 Å². The van der Waals surface area contributed by atoms with Crippen LogP contribution in [-0.2, 0) is 28.6 Å². The van der Waals surface area contributed by atoms with Crippen molar-refractivity contribution in [2.24, 2.45) is 0 Å². The minimum Gasteiger partial charge on any atom is -0.462 e. The van der Waals surface area contributed by atoms with Crippen molar-refractivity contribution in [3.05, 3.63) is 109 Å². The Bertz CT molecular complexity index is 1560. The Morgan fingerprint density at radius 3 is 0.792 bits per heavy atom. The first kappa shape index (κ1) is 73.1. The summed E-state index contributed by atoms with van der Waals surface area (Å²) in [6.07, 6.45) is 88.0. The zero-order valence-corrected chi connectivity index (χ0v) is 50.4. The van der Waals surface area contributed by atoms with Crippen molar-refractivity contribution in [2.75, 3.05) is 13.2 Å². The van der Waals surface area contributed by atoms with Gasteiger partial charge in [0.25, 0.3) is 0 Å².